The van der Waals surface area contributed by atoms with Crippen LogP contribution in [0.25, 0.3) is 21.3 Å². The molecule has 7 heteroatoms. The predicted octanol–water partition coefficient (Wildman–Crippen LogP) is 6.56. The van der Waals surface area contributed by atoms with Gasteiger partial charge < -0.3 is 5.32 Å². The Bertz CT molecular complexity index is 1350. The smallest absolute Gasteiger partial charge is 0.231 e. The molecule has 0 aliphatic rings. The van der Waals surface area contributed by atoms with Gasteiger partial charge in [-0.3, -0.25) is 4.79 Å². The van der Waals surface area contributed by atoms with E-state index in [2.05, 4.69) is 52.8 Å². The Kier molecular flexibility index (Phi) is 5.63. The number of thiazole rings is 2. The number of anilines is 1. The van der Waals surface area contributed by atoms with Crippen molar-refractivity contribution in [2.75, 3.05) is 5.32 Å². The van der Waals surface area contributed by atoms with Gasteiger partial charge in [0.25, 0.3) is 0 Å². The number of aromatic nitrogens is 2. The van der Waals surface area contributed by atoms with Crippen LogP contribution >= 0.6 is 34.0 Å². The molecule has 0 atom stereocenters. The van der Waals surface area contributed by atoms with Crippen molar-refractivity contribution in [2.45, 2.75) is 19.8 Å². The number of benzene rings is 2. The molecule has 5 rings (SSSR count). The molecule has 3 heterocycles. The Morgan fingerprint density at radius 3 is 2.74 bits per heavy atom. The van der Waals surface area contributed by atoms with E-state index >= 15 is 0 Å². The zero-order valence-corrected chi connectivity index (χ0v) is 19.2. The van der Waals surface area contributed by atoms with E-state index in [-0.39, 0.29) is 5.91 Å². The van der Waals surface area contributed by atoms with Crippen molar-refractivity contribution >= 4 is 55.8 Å². The highest BCUT2D eigenvalue weighted by atomic mass is 32.1. The van der Waals surface area contributed by atoms with Crippen molar-refractivity contribution in [1.29, 1.82) is 0 Å². The summed E-state index contributed by atoms with van der Waals surface area (Å²) < 4.78 is 0. The van der Waals surface area contributed by atoms with Crippen molar-refractivity contribution < 1.29 is 4.79 Å². The maximum absolute atomic E-state index is 12.6. The molecule has 0 fully saturated rings. The lowest BCUT2D eigenvalue weighted by Gasteiger charge is -2.04. The summed E-state index contributed by atoms with van der Waals surface area (Å²) in [6.07, 6.45) is 1.08. The molecule has 0 saturated carbocycles. The molecule has 0 radical (unpaired) electrons. The number of rotatable bonds is 6. The molecule has 5 aromatic rings. The molecule has 0 bridgehead atoms. The van der Waals surface area contributed by atoms with E-state index in [0.29, 0.717) is 11.6 Å². The summed E-state index contributed by atoms with van der Waals surface area (Å²) in [5.41, 5.74) is 3.09. The van der Waals surface area contributed by atoms with Crippen LogP contribution < -0.4 is 5.32 Å². The minimum absolute atomic E-state index is 0.0597. The quantitative estimate of drug-likeness (QED) is 0.311. The summed E-state index contributed by atoms with van der Waals surface area (Å²) in [5, 5.41) is 11.1. The van der Waals surface area contributed by atoms with Gasteiger partial charge >= 0.3 is 0 Å². The topological polar surface area (TPSA) is 54.9 Å². The maximum atomic E-state index is 12.6. The van der Waals surface area contributed by atoms with Crippen molar-refractivity contribution in [3.8, 4) is 10.6 Å². The first-order valence-electron chi connectivity index (χ1n) is 9.87. The zero-order valence-electron chi connectivity index (χ0n) is 16.8. The van der Waals surface area contributed by atoms with Gasteiger partial charge in [0.2, 0.25) is 5.91 Å². The molecular formula is C24H19N3OS3. The molecule has 0 aliphatic heterocycles. The van der Waals surface area contributed by atoms with Crippen LogP contribution in [0.15, 0.2) is 65.4 Å². The van der Waals surface area contributed by atoms with Gasteiger partial charge in [-0.15, -0.1) is 34.0 Å². The molecule has 154 valence electrons. The van der Waals surface area contributed by atoms with Crippen LogP contribution in [-0.4, -0.2) is 15.9 Å². The first kappa shape index (κ1) is 20.1. The largest absolute Gasteiger partial charge is 0.302 e. The fourth-order valence-electron chi connectivity index (χ4n) is 3.52. The van der Waals surface area contributed by atoms with E-state index < -0.39 is 0 Å². The normalized spacial score (nSPS) is 11.1. The number of carbonyl (C=O) groups is 1. The highest BCUT2D eigenvalue weighted by Crippen LogP contribution is 2.29. The van der Waals surface area contributed by atoms with Gasteiger partial charge in [0.05, 0.1) is 27.7 Å². The summed E-state index contributed by atoms with van der Waals surface area (Å²) in [6.45, 7) is 1.98. The molecule has 1 amide bonds. The van der Waals surface area contributed by atoms with Gasteiger partial charge in [-0.1, -0.05) is 48.5 Å². The lowest BCUT2D eigenvalue weighted by molar-refractivity contribution is -0.115. The molecule has 0 saturated heterocycles. The van der Waals surface area contributed by atoms with Crippen molar-refractivity contribution in [3.63, 3.8) is 0 Å². The van der Waals surface area contributed by atoms with Crippen LogP contribution in [-0.2, 0) is 17.6 Å². The van der Waals surface area contributed by atoms with Crippen LogP contribution in [0.4, 0.5) is 5.13 Å². The number of hydrogen-bond acceptors (Lipinski definition) is 6. The van der Waals surface area contributed by atoms with E-state index in [1.807, 2.05) is 29.8 Å². The molecule has 31 heavy (non-hydrogen) atoms. The molecule has 0 aliphatic carbocycles. The third-order valence-corrected chi connectivity index (χ3v) is 7.81. The van der Waals surface area contributed by atoms with Gasteiger partial charge in [-0.05, 0) is 34.7 Å². The standard InChI is InChI=1S/C24H19N3OS3/c1-15-21(13-22(28)27-24-26-19(14-30-24)20-10-5-11-29-20)31-23(25-15)12-17-8-4-7-16-6-2-3-9-18(16)17/h2-11,14H,12-13H2,1H3,(H,26,27,28). The Hall–Kier alpha value is -2.87. The minimum Gasteiger partial charge on any atom is -0.302 e. The van der Waals surface area contributed by atoms with Gasteiger partial charge in [-0.2, -0.15) is 0 Å². The van der Waals surface area contributed by atoms with Gasteiger partial charge in [0.1, 0.15) is 0 Å². The summed E-state index contributed by atoms with van der Waals surface area (Å²) in [7, 11) is 0. The Morgan fingerprint density at radius 2 is 1.87 bits per heavy atom. The van der Waals surface area contributed by atoms with E-state index in [0.717, 1.165) is 32.6 Å². The number of nitrogens with zero attached hydrogens (tertiary/aromatic N) is 2. The van der Waals surface area contributed by atoms with Crippen LogP contribution in [0.3, 0.4) is 0 Å². The van der Waals surface area contributed by atoms with E-state index in [1.54, 1.807) is 22.7 Å². The Morgan fingerprint density at radius 1 is 1.00 bits per heavy atom. The van der Waals surface area contributed by atoms with Crippen molar-refractivity contribution in [3.05, 3.63) is 86.5 Å². The highest BCUT2D eigenvalue weighted by Gasteiger charge is 2.15. The summed E-state index contributed by atoms with van der Waals surface area (Å²) in [4.78, 5) is 24.0. The van der Waals surface area contributed by atoms with E-state index in [1.165, 1.54) is 27.7 Å². The fourth-order valence-corrected chi connectivity index (χ4v) is 6.09. The number of fused-ring (bicyclic) bond motifs is 1. The molecular weight excluding hydrogens is 442 g/mol. The molecule has 0 unspecified atom stereocenters. The third-order valence-electron chi connectivity index (χ3n) is 5.00. The number of carbonyl (C=O) groups excluding carboxylic acids is 1. The molecule has 0 spiro atoms. The van der Waals surface area contributed by atoms with Gasteiger partial charge in [-0.25, -0.2) is 9.97 Å². The summed E-state index contributed by atoms with van der Waals surface area (Å²) in [5.74, 6) is -0.0597. The molecule has 4 nitrogen and oxygen atoms in total. The number of aryl methyl sites for hydroxylation is 1. The van der Waals surface area contributed by atoms with Crippen LogP contribution in [0.2, 0.25) is 0 Å². The molecule has 3 aromatic heterocycles. The van der Waals surface area contributed by atoms with E-state index in [9.17, 15) is 4.79 Å². The van der Waals surface area contributed by atoms with E-state index in [4.69, 9.17) is 4.98 Å². The van der Waals surface area contributed by atoms with Crippen LogP contribution in [0.5, 0.6) is 0 Å². The van der Waals surface area contributed by atoms with Crippen molar-refractivity contribution in [2.24, 2.45) is 0 Å². The van der Waals surface area contributed by atoms with Crippen LogP contribution in [0, 0.1) is 6.92 Å². The number of amides is 1. The van der Waals surface area contributed by atoms with Gasteiger partial charge in [0.15, 0.2) is 5.13 Å². The second-order valence-electron chi connectivity index (χ2n) is 7.17. The second-order valence-corrected chi connectivity index (χ2v) is 10.1. The monoisotopic (exact) mass is 461 g/mol. The lowest BCUT2D eigenvalue weighted by atomic mass is 10.0. The summed E-state index contributed by atoms with van der Waals surface area (Å²) >= 11 is 4.71. The second kappa shape index (κ2) is 8.70. The van der Waals surface area contributed by atoms with Crippen LogP contribution in [0.1, 0.15) is 21.1 Å². The molecule has 2 aromatic carbocycles. The zero-order chi connectivity index (χ0) is 21.2. The Balaban J connectivity index is 1.28. The SMILES string of the molecule is Cc1nc(Cc2cccc3ccccc23)sc1CC(=O)Nc1nc(-c2cccs2)cs1. The number of nitrogens with one attached hydrogen (secondary N) is 1. The average Bonchev–Trinajstić information content (AvgIpc) is 3.51. The van der Waals surface area contributed by atoms with Crippen molar-refractivity contribution in [1.82, 2.24) is 9.97 Å². The maximum Gasteiger partial charge on any atom is 0.231 e. The van der Waals surface area contributed by atoms with Gasteiger partial charge in [0, 0.05) is 16.7 Å². The number of hydrogen-bond donors (Lipinski definition) is 1. The highest BCUT2D eigenvalue weighted by molar-refractivity contribution is 7.16. The Labute approximate surface area is 192 Å². The lowest BCUT2D eigenvalue weighted by Crippen LogP contribution is -2.14. The predicted molar refractivity (Wildman–Crippen MR) is 131 cm³/mol. The number of thiophene rings is 1. The first-order chi connectivity index (χ1) is 15.2. The third kappa shape index (κ3) is 4.44. The average molecular weight is 462 g/mol. The summed E-state index contributed by atoms with van der Waals surface area (Å²) in [6, 6.07) is 18.8. The minimum atomic E-state index is -0.0597. The first-order valence-corrected chi connectivity index (χ1v) is 12.4. The molecule has 1 N–H and O–H groups in total. The fraction of sp³-hybridized carbons (Fsp3) is 0.125.